The maximum absolute atomic E-state index is 13.4. The predicted molar refractivity (Wildman–Crippen MR) is 116 cm³/mol. The van der Waals surface area contributed by atoms with E-state index in [4.69, 9.17) is 0 Å². The van der Waals surface area contributed by atoms with E-state index in [1.165, 1.54) is 17.2 Å². The van der Waals surface area contributed by atoms with Gasteiger partial charge in [-0.1, -0.05) is 18.2 Å². The topological polar surface area (TPSA) is 91.4 Å². The summed E-state index contributed by atoms with van der Waals surface area (Å²) in [5.41, 5.74) is 0.120. The summed E-state index contributed by atoms with van der Waals surface area (Å²) in [6.07, 6.45) is -1.11. The van der Waals surface area contributed by atoms with Crippen molar-refractivity contribution in [2.24, 2.45) is 5.92 Å². The van der Waals surface area contributed by atoms with Crippen LogP contribution in [0.4, 0.5) is 24.7 Å². The summed E-state index contributed by atoms with van der Waals surface area (Å²) in [6.45, 7) is 2.21. The Morgan fingerprint density at radius 2 is 1.94 bits per heavy atom. The maximum Gasteiger partial charge on any atom is 0.419 e. The highest BCUT2D eigenvalue weighted by Crippen LogP contribution is 2.36. The number of hydrogen-bond donors (Lipinski definition) is 2. The number of aromatic nitrogens is 1. The van der Waals surface area contributed by atoms with Crippen molar-refractivity contribution in [2.45, 2.75) is 32.0 Å². The van der Waals surface area contributed by atoms with E-state index in [9.17, 15) is 26.4 Å². The van der Waals surface area contributed by atoms with Crippen LogP contribution in [0.5, 0.6) is 0 Å². The Hall–Kier alpha value is -2.82. The van der Waals surface area contributed by atoms with Gasteiger partial charge in [-0.25, -0.2) is 13.4 Å². The van der Waals surface area contributed by atoms with Gasteiger partial charge >= 0.3 is 6.18 Å². The van der Waals surface area contributed by atoms with Gasteiger partial charge in [0.05, 0.1) is 29.5 Å². The van der Waals surface area contributed by atoms with Gasteiger partial charge in [0, 0.05) is 19.3 Å². The van der Waals surface area contributed by atoms with Crippen molar-refractivity contribution in [2.75, 3.05) is 29.0 Å². The molecule has 3 rings (SSSR count). The van der Waals surface area contributed by atoms with Crippen molar-refractivity contribution in [3.05, 3.63) is 53.7 Å². The highest BCUT2D eigenvalue weighted by Gasteiger charge is 2.37. The third kappa shape index (κ3) is 5.90. The maximum atomic E-state index is 13.4. The molecule has 0 saturated carbocycles. The van der Waals surface area contributed by atoms with E-state index >= 15 is 0 Å². The van der Waals surface area contributed by atoms with E-state index in [2.05, 4.69) is 15.0 Å². The Bertz CT molecular complexity index is 1080. The first-order valence-electron chi connectivity index (χ1n) is 10.1. The number of carbonyl (C=O) groups is 1. The molecule has 1 saturated heterocycles. The number of alkyl halides is 3. The van der Waals surface area contributed by atoms with Gasteiger partial charge < -0.3 is 10.2 Å². The standard InChI is InChI=1S/C21H25F3N4O3S/c1-14(16-8-3-4-10-18(16)27-32(2,30)31)26-20(29)15-7-6-12-28(13-15)19-17(21(22,23)24)9-5-11-25-19/h3-5,8-11,14-15,27H,6-7,12-13H2,1-2H3,(H,26,29). The van der Waals surface area contributed by atoms with Crippen molar-refractivity contribution >= 4 is 27.4 Å². The highest BCUT2D eigenvalue weighted by atomic mass is 32.2. The van der Waals surface area contributed by atoms with Gasteiger partial charge in [-0.15, -0.1) is 0 Å². The number of nitrogens with one attached hydrogen (secondary N) is 2. The lowest BCUT2D eigenvalue weighted by atomic mass is 9.95. The number of halogens is 3. The highest BCUT2D eigenvalue weighted by molar-refractivity contribution is 7.92. The number of carbonyl (C=O) groups excluding carboxylic acids is 1. The van der Waals surface area contributed by atoms with Gasteiger partial charge in [0.2, 0.25) is 15.9 Å². The predicted octanol–water partition coefficient (Wildman–Crippen LogP) is 3.57. The second-order valence-corrected chi connectivity index (χ2v) is 9.60. The lowest BCUT2D eigenvalue weighted by Gasteiger charge is -2.34. The lowest BCUT2D eigenvalue weighted by molar-refractivity contribution is -0.137. The number of amides is 1. The van der Waals surface area contributed by atoms with Gasteiger partial charge in [0.15, 0.2) is 0 Å². The molecule has 1 aromatic heterocycles. The molecule has 32 heavy (non-hydrogen) atoms. The molecule has 2 N–H and O–H groups in total. The first-order chi connectivity index (χ1) is 15.0. The lowest BCUT2D eigenvalue weighted by Crippen LogP contribution is -2.44. The quantitative estimate of drug-likeness (QED) is 0.674. The van der Waals surface area contributed by atoms with Crippen molar-refractivity contribution in [1.82, 2.24) is 10.3 Å². The number of nitrogens with zero attached hydrogens (tertiary/aromatic N) is 2. The van der Waals surface area contributed by atoms with E-state index in [0.29, 0.717) is 30.6 Å². The molecular formula is C21H25F3N4O3S. The molecule has 2 unspecified atom stereocenters. The molecule has 0 aliphatic carbocycles. The molecule has 0 spiro atoms. The third-order valence-corrected chi connectivity index (χ3v) is 5.86. The summed E-state index contributed by atoms with van der Waals surface area (Å²) in [4.78, 5) is 18.3. The zero-order valence-electron chi connectivity index (χ0n) is 17.7. The van der Waals surface area contributed by atoms with E-state index < -0.39 is 33.7 Å². The van der Waals surface area contributed by atoms with Crippen molar-refractivity contribution in [3.8, 4) is 0 Å². The zero-order valence-corrected chi connectivity index (χ0v) is 18.5. The van der Waals surface area contributed by atoms with Crippen molar-refractivity contribution < 1.29 is 26.4 Å². The minimum atomic E-state index is -4.54. The number of sulfonamides is 1. The third-order valence-electron chi connectivity index (χ3n) is 5.27. The number of benzene rings is 1. The van der Waals surface area contributed by atoms with E-state index in [-0.39, 0.29) is 18.3 Å². The minimum Gasteiger partial charge on any atom is -0.355 e. The number of hydrogen-bond acceptors (Lipinski definition) is 5. The summed E-state index contributed by atoms with van der Waals surface area (Å²) in [5, 5.41) is 2.87. The molecule has 1 aliphatic heterocycles. The Labute approximate surface area is 185 Å². The molecule has 1 fully saturated rings. The monoisotopic (exact) mass is 470 g/mol. The van der Waals surface area contributed by atoms with Crippen LogP contribution >= 0.6 is 0 Å². The molecule has 11 heteroatoms. The molecule has 1 amide bonds. The Morgan fingerprint density at radius 1 is 1.22 bits per heavy atom. The van der Waals surface area contributed by atoms with Crippen molar-refractivity contribution in [3.63, 3.8) is 0 Å². The number of para-hydroxylation sites is 1. The average molecular weight is 471 g/mol. The number of rotatable bonds is 6. The molecule has 2 aromatic rings. The normalized spacial score (nSPS) is 18.2. The molecule has 0 bridgehead atoms. The summed E-state index contributed by atoms with van der Waals surface area (Å²) >= 11 is 0. The summed E-state index contributed by atoms with van der Waals surface area (Å²) in [5.74, 6) is -1.00. The summed E-state index contributed by atoms with van der Waals surface area (Å²) in [6, 6.07) is 8.42. The average Bonchev–Trinajstić information content (AvgIpc) is 2.72. The number of anilines is 2. The van der Waals surface area contributed by atoms with Crippen LogP contribution in [0.3, 0.4) is 0 Å². The van der Waals surface area contributed by atoms with Gasteiger partial charge in [-0.3, -0.25) is 9.52 Å². The van der Waals surface area contributed by atoms with E-state index in [1.54, 1.807) is 31.2 Å². The van der Waals surface area contributed by atoms with Crippen LogP contribution in [0.25, 0.3) is 0 Å². The first-order valence-corrected chi connectivity index (χ1v) is 12.0. The summed E-state index contributed by atoms with van der Waals surface area (Å²) < 4.78 is 65.8. The van der Waals surface area contributed by atoms with Crippen LogP contribution in [-0.4, -0.2) is 38.7 Å². The summed E-state index contributed by atoms with van der Waals surface area (Å²) in [7, 11) is -3.50. The molecule has 174 valence electrons. The first kappa shape index (κ1) is 23.8. The number of pyridine rings is 1. The largest absolute Gasteiger partial charge is 0.419 e. The Balaban J connectivity index is 1.74. The van der Waals surface area contributed by atoms with Gasteiger partial charge in [0.1, 0.15) is 5.82 Å². The van der Waals surface area contributed by atoms with E-state index in [1.807, 2.05) is 0 Å². The molecular weight excluding hydrogens is 445 g/mol. The fourth-order valence-corrected chi connectivity index (χ4v) is 4.42. The van der Waals surface area contributed by atoms with Crippen molar-refractivity contribution in [1.29, 1.82) is 0 Å². The fourth-order valence-electron chi connectivity index (χ4n) is 3.83. The van der Waals surface area contributed by atoms with Crippen LogP contribution in [0, 0.1) is 5.92 Å². The Morgan fingerprint density at radius 3 is 2.62 bits per heavy atom. The molecule has 1 aromatic carbocycles. The van der Waals surface area contributed by atoms with Crippen LogP contribution in [0.15, 0.2) is 42.6 Å². The Kier molecular flexibility index (Phi) is 6.97. The molecule has 2 atom stereocenters. The fraction of sp³-hybridized carbons (Fsp3) is 0.429. The van der Waals surface area contributed by atoms with Gasteiger partial charge in [0.25, 0.3) is 0 Å². The minimum absolute atomic E-state index is 0.113. The molecule has 7 nitrogen and oxygen atoms in total. The van der Waals surface area contributed by atoms with Crippen LogP contribution < -0.4 is 14.9 Å². The van der Waals surface area contributed by atoms with Gasteiger partial charge in [-0.05, 0) is 43.5 Å². The smallest absolute Gasteiger partial charge is 0.355 e. The SMILES string of the molecule is CC(NC(=O)C1CCCN(c2ncccc2C(F)(F)F)C1)c1ccccc1NS(C)(=O)=O. The second kappa shape index (κ2) is 9.35. The molecule has 2 heterocycles. The number of piperidine rings is 1. The second-order valence-electron chi connectivity index (χ2n) is 7.85. The molecule has 1 aliphatic rings. The zero-order chi connectivity index (χ0) is 23.5. The van der Waals surface area contributed by atoms with Gasteiger partial charge in [-0.2, -0.15) is 13.2 Å². The van der Waals surface area contributed by atoms with Crippen LogP contribution in [-0.2, 0) is 21.0 Å². The van der Waals surface area contributed by atoms with E-state index in [0.717, 1.165) is 12.3 Å². The van der Waals surface area contributed by atoms with Crippen LogP contribution in [0.1, 0.15) is 36.9 Å². The molecule has 0 radical (unpaired) electrons. The van der Waals surface area contributed by atoms with Crippen LogP contribution in [0.2, 0.25) is 0 Å².